The Morgan fingerprint density at radius 1 is 1.06 bits per heavy atom. The summed E-state index contributed by atoms with van der Waals surface area (Å²) in [4.78, 5) is 28.3. The van der Waals surface area contributed by atoms with Crippen LogP contribution in [0.5, 0.6) is 0 Å². The van der Waals surface area contributed by atoms with Crippen molar-refractivity contribution in [3.05, 3.63) is 95.9 Å². The number of rotatable bonds is 5. The number of nitrogens with zero attached hydrogens (tertiary/aromatic N) is 5. The molecule has 0 saturated carbocycles. The summed E-state index contributed by atoms with van der Waals surface area (Å²) in [5.41, 5.74) is 4.83. The van der Waals surface area contributed by atoms with E-state index in [-0.39, 0.29) is 5.91 Å². The zero-order valence-corrected chi connectivity index (χ0v) is 17.1. The molecule has 0 saturated heterocycles. The molecule has 0 aliphatic carbocycles. The molecular formula is C24H18N6O2. The summed E-state index contributed by atoms with van der Waals surface area (Å²) < 4.78 is 3.23. The number of nitrogens with one attached hydrogen (secondary N) is 1. The van der Waals surface area contributed by atoms with Crippen molar-refractivity contribution in [2.24, 2.45) is 0 Å². The number of benzene rings is 2. The number of anilines is 1. The number of hydrogen-bond acceptors (Lipinski definition) is 5. The summed E-state index contributed by atoms with van der Waals surface area (Å²) in [6.45, 7) is 2.01. The number of carbonyl (C=O) groups is 2. The Labute approximate surface area is 183 Å². The lowest BCUT2D eigenvalue weighted by Gasteiger charge is -2.08. The largest absolute Gasteiger partial charge is 0.306 e. The van der Waals surface area contributed by atoms with Crippen LogP contribution in [0.2, 0.25) is 0 Å². The van der Waals surface area contributed by atoms with Crippen molar-refractivity contribution in [2.75, 3.05) is 5.32 Å². The minimum atomic E-state index is -0.338. The maximum Gasteiger partial charge on any atom is 0.262 e. The first-order valence-electron chi connectivity index (χ1n) is 9.95. The van der Waals surface area contributed by atoms with Crippen LogP contribution in [0.25, 0.3) is 22.6 Å². The Morgan fingerprint density at radius 3 is 2.59 bits per heavy atom. The van der Waals surface area contributed by atoms with E-state index in [1.807, 2.05) is 43.3 Å². The first-order valence-corrected chi connectivity index (χ1v) is 9.95. The predicted octanol–water partition coefficient (Wildman–Crippen LogP) is 3.96. The zero-order chi connectivity index (χ0) is 22.1. The van der Waals surface area contributed by atoms with Crippen molar-refractivity contribution in [2.45, 2.75) is 6.92 Å². The quantitative estimate of drug-likeness (QED) is 0.433. The Bertz CT molecular complexity index is 1430. The molecule has 3 heterocycles. The van der Waals surface area contributed by atoms with Crippen LogP contribution in [-0.2, 0) is 0 Å². The van der Waals surface area contributed by atoms with Crippen molar-refractivity contribution in [1.29, 1.82) is 0 Å². The van der Waals surface area contributed by atoms with Crippen molar-refractivity contribution < 1.29 is 9.59 Å². The van der Waals surface area contributed by atoms with Gasteiger partial charge in [-0.3, -0.25) is 9.59 Å². The molecule has 8 nitrogen and oxygen atoms in total. The molecule has 2 aromatic carbocycles. The first kappa shape index (κ1) is 19.4. The number of amides is 1. The van der Waals surface area contributed by atoms with Crippen molar-refractivity contribution in [1.82, 2.24) is 24.4 Å². The third kappa shape index (κ3) is 3.54. The monoisotopic (exact) mass is 422 g/mol. The molecule has 0 fully saturated rings. The number of aldehydes is 1. The standard InChI is InChI=1S/C24H18N6O2/c1-16-3-9-19(10-4-16)30-22(13-21(28-30)18-7-5-17(15-31)6-8-18)27-24(32)20-14-26-29-12-2-11-25-23(20)29/h2-15H,1H3,(H,27,32). The fraction of sp³-hybridized carbons (Fsp3) is 0.0417. The second-order valence-corrected chi connectivity index (χ2v) is 7.30. The molecular weight excluding hydrogens is 404 g/mol. The van der Waals surface area contributed by atoms with Gasteiger partial charge in [0.15, 0.2) is 5.65 Å². The molecule has 0 unspecified atom stereocenters. The van der Waals surface area contributed by atoms with Crippen LogP contribution in [0.15, 0.2) is 79.3 Å². The molecule has 8 heteroatoms. The van der Waals surface area contributed by atoms with Gasteiger partial charge in [0.05, 0.1) is 17.6 Å². The molecule has 0 atom stereocenters. The van der Waals surface area contributed by atoms with Crippen LogP contribution in [0.1, 0.15) is 26.3 Å². The van der Waals surface area contributed by atoms with E-state index in [0.29, 0.717) is 28.3 Å². The Balaban J connectivity index is 1.56. The molecule has 0 aliphatic heterocycles. The van der Waals surface area contributed by atoms with Gasteiger partial charge in [-0.15, -0.1) is 0 Å². The first-order chi connectivity index (χ1) is 15.6. The lowest BCUT2D eigenvalue weighted by atomic mass is 10.1. The summed E-state index contributed by atoms with van der Waals surface area (Å²) in [6.07, 6.45) is 5.64. The average molecular weight is 422 g/mol. The fourth-order valence-electron chi connectivity index (χ4n) is 3.40. The molecule has 5 aromatic rings. The van der Waals surface area contributed by atoms with Crippen LogP contribution in [0.3, 0.4) is 0 Å². The topological polar surface area (TPSA) is 94.2 Å². The minimum Gasteiger partial charge on any atom is -0.306 e. The van der Waals surface area contributed by atoms with Gasteiger partial charge in [0.1, 0.15) is 17.7 Å². The van der Waals surface area contributed by atoms with E-state index in [2.05, 4.69) is 15.4 Å². The maximum absolute atomic E-state index is 13.1. The second-order valence-electron chi connectivity index (χ2n) is 7.30. The number of carbonyl (C=O) groups excluding carboxylic acids is 2. The van der Waals surface area contributed by atoms with Crippen LogP contribution < -0.4 is 5.32 Å². The van der Waals surface area contributed by atoms with Gasteiger partial charge in [0.2, 0.25) is 0 Å². The van der Waals surface area contributed by atoms with Gasteiger partial charge in [-0.25, -0.2) is 14.2 Å². The molecule has 0 aliphatic rings. The highest BCUT2D eigenvalue weighted by atomic mass is 16.1. The summed E-state index contributed by atoms with van der Waals surface area (Å²) in [7, 11) is 0. The van der Waals surface area contributed by atoms with Gasteiger partial charge in [0.25, 0.3) is 5.91 Å². The van der Waals surface area contributed by atoms with Crippen LogP contribution in [0, 0.1) is 6.92 Å². The summed E-state index contributed by atoms with van der Waals surface area (Å²) in [6, 6.07) is 18.5. The second kappa shape index (κ2) is 7.92. The molecule has 0 radical (unpaired) electrons. The normalized spacial score (nSPS) is 10.9. The van der Waals surface area contributed by atoms with Crippen LogP contribution in [0.4, 0.5) is 5.82 Å². The van der Waals surface area contributed by atoms with Crippen molar-refractivity contribution >= 4 is 23.7 Å². The van der Waals surface area contributed by atoms with E-state index in [1.54, 1.807) is 45.9 Å². The summed E-state index contributed by atoms with van der Waals surface area (Å²) >= 11 is 0. The molecule has 0 spiro atoms. The van der Waals surface area contributed by atoms with E-state index in [1.165, 1.54) is 6.20 Å². The Hall–Kier alpha value is -4.59. The predicted molar refractivity (Wildman–Crippen MR) is 120 cm³/mol. The van der Waals surface area contributed by atoms with E-state index in [0.717, 1.165) is 23.1 Å². The van der Waals surface area contributed by atoms with E-state index in [4.69, 9.17) is 5.10 Å². The van der Waals surface area contributed by atoms with Gasteiger partial charge in [0, 0.05) is 29.6 Å². The minimum absolute atomic E-state index is 0.338. The van der Waals surface area contributed by atoms with Crippen molar-refractivity contribution in [3.63, 3.8) is 0 Å². The van der Waals surface area contributed by atoms with Crippen molar-refractivity contribution in [3.8, 4) is 16.9 Å². The third-order valence-electron chi connectivity index (χ3n) is 5.10. The highest BCUT2D eigenvalue weighted by Gasteiger charge is 2.18. The fourth-order valence-corrected chi connectivity index (χ4v) is 3.40. The van der Waals surface area contributed by atoms with Crippen LogP contribution >= 0.6 is 0 Å². The molecule has 3 aromatic heterocycles. The van der Waals surface area contributed by atoms with E-state index < -0.39 is 0 Å². The van der Waals surface area contributed by atoms with Gasteiger partial charge < -0.3 is 5.32 Å². The lowest BCUT2D eigenvalue weighted by molar-refractivity contribution is 0.102. The third-order valence-corrected chi connectivity index (χ3v) is 5.10. The molecule has 156 valence electrons. The van der Waals surface area contributed by atoms with Crippen LogP contribution in [-0.4, -0.2) is 36.6 Å². The maximum atomic E-state index is 13.1. The summed E-state index contributed by atoms with van der Waals surface area (Å²) in [5.74, 6) is 0.165. The SMILES string of the molecule is Cc1ccc(-n2nc(-c3ccc(C=O)cc3)cc2NC(=O)c2cnn3cccnc23)cc1. The van der Waals surface area contributed by atoms with Gasteiger partial charge in [-0.1, -0.05) is 42.0 Å². The van der Waals surface area contributed by atoms with Gasteiger partial charge in [-0.2, -0.15) is 10.2 Å². The Kier molecular flexibility index (Phi) is 4.79. The highest BCUT2D eigenvalue weighted by Crippen LogP contribution is 2.26. The molecule has 1 amide bonds. The smallest absolute Gasteiger partial charge is 0.262 e. The Morgan fingerprint density at radius 2 is 1.84 bits per heavy atom. The molecule has 32 heavy (non-hydrogen) atoms. The highest BCUT2D eigenvalue weighted by molar-refractivity contribution is 6.08. The number of fused-ring (bicyclic) bond motifs is 1. The molecule has 0 bridgehead atoms. The average Bonchev–Trinajstić information content (AvgIpc) is 3.44. The van der Waals surface area contributed by atoms with E-state index >= 15 is 0 Å². The lowest BCUT2D eigenvalue weighted by Crippen LogP contribution is -2.15. The summed E-state index contributed by atoms with van der Waals surface area (Å²) in [5, 5.41) is 11.8. The van der Waals surface area contributed by atoms with Gasteiger partial charge in [-0.05, 0) is 25.1 Å². The number of aryl methyl sites for hydroxylation is 1. The number of aromatic nitrogens is 5. The van der Waals surface area contributed by atoms with E-state index in [9.17, 15) is 9.59 Å². The zero-order valence-electron chi connectivity index (χ0n) is 17.1. The number of hydrogen-bond donors (Lipinski definition) is 1. The van der Waals surface area contributed by atoms with Gasteiger partial charge >= 0.3 is 0 Å². The molecule has 5 rings (SSSR count). The molecule has 1 N–H and O–H groups in total.